The highest BCUT2D eigenvalue weighted by Crippen LogP contribution is 2.32. The fourth-order valence-corrected chi connectivity index (χ4v) is 4.27. The minimum absolute atomic E-state index is 0.125. The summed E-state index contributed by atoms with van der Waals surface area (Å²) in [4.78, 5) is 24.6. The zero-order valence-corrected chi connectivity index (χ0v) is 23.0. The van der Waals surface area contributed by atoms with Crippen molar-refractivity contribution in [1.82, 2.24) is 5.43 Å². The van der Waals surface area contributed by atoms with Gasteiger partial charge in [-0.1, -0.05) is 11.6 Å². The molecule has 0 spiro atoms. The van der Waals surface area contributed by atoms with Crippen molar-refractivity contribution < 1.29 is 32.2 Å². The molecule has 0 bridgehead atoms. The molecule has 2 N–H and O–H groups in total. The molecule has 0 unspecified atom stereocenters. The van der Waals surface area contributed by atoms with Gasteiger partial charge in [0.2, 0.25) is 10.0 Å². The number of hydrazone groups is 1. The standard InChI is InChI=1S/C26H27ClN4O7S/c1-36-21-11-7-20(8-12-21)29-26(33)17-38-22-9-4-18(5-10-22)15-28-30-25(32)16-31(39(3,34)35)23-14-19(27)6-13-24(23)37-2/h4-15H,16-17H2,1-3H3,(H,29,33)(H,30,32)/b28-15-. The molecule has 0 aliphatic carbocycles. The average Bonchev–Trinajstić information content (AvgIpc) is 2.91. The van der Waals surface area contributed by atoms with Gasteiger partial charge in [-0.2, -0.15) is 5.10 Å². The molecular formula is C26H27ClN4O7S. The Hall–Kier alpha value is -4.29. The van der Waals surface area contributed by atoms with E-state index in [1.54, 1.807) is 61.7 Å². The molecule has 0 aliphatic heterocycles. The van der Waals surface area contributed by atoms with E-state index in [-0.39, 0.29) is 29.0 Å². The van der Waals surface area contributed by atoms with Crippen LogP contribution in [0.4, 0.5) is 11.4 Å². The van der Waals surface area contributed by atoms with Crippen LogP contribution in [0.1, 0.15) is 5.56 Å². The van der Waals surface area contributed by atoms with E-state index in [0.717, 1.165) is 10.6 Å². The number of amides is 2. The number of nitrogens with zero attached hydrogens (tertiary/aromatic N) is 2. The summed E-state index contributed by atoms with van der Waals surface area (Å²) in [6.45, 7) is -0.734. The van der Waals surface area contributed by atoms with E-state index >= 15 is 0 Å². The van der Waals surface area contributed by atoms with Gasteiger partial charge < -0.3 is 19.5 Å². The number of halogens is 1. The molecule has 0 aliphatic rings. The summed E-state index contributed by atoms with van der Waals surface area (Å²) < 4.78 is 41.4. The molecule has 0 saturated heterocycles. The van der Waals surface area contributed by atoms with Crippen LogP contribution in [0.15, 0.2) is 71.8 Å². The van der Waals surface area contributed by atoms with Crippen molar-refractivity contribution in [2.45, 2.75) is 0 Å². The van der Waals surface area contributed by atoms with Crippen molar-refractivity contribution in [2.75, 3.05) is 43.2 Å². The Morgan fingerprint density at radius 3 is 2.23 bits per heavy atom. The van der Waals surface area contributed by atoms with Crippen LogP contribution in [0.2, 0.25) is 5.02 Å². The Morgan fingerprint density at radius 2 is 1.62 bits per heavy atom. The number of hydrogen-bond acceptors (Lipinski definition) is 8. The summed E-state index contributed by atoms with van der Waals surface area (Å²) in [7, 11) is -0.902. The third-order valence-corrected chi connectivity index (χ3v) is 6.49. The number of rotatable bonds is 12. The first-order valence-corrected chi connectivity index (χ1v) is 13.6. The number of ether oxygens (including phenoxy) is 3. The first-order chi connectivity index (χ1) is 18.6. The van der Waals surface area contributed by atoms with Crippen LogP contribution >= 0.6 is 11.6 Å². The fourth-order valence-electron chi connectivity index (χ4n) is 3.25. The van der Waals surface area contributed by atoms with Gasteiger partial charge in [0.05, 0.1) is 32.4 Å². The summed E-state index contributed by atoms with van der Waals surface area (Å²) in [6.07, 6.45) is 2.35. The number of hydrogen-bond donors (Lipinski definition) is 2. The molecule has 13 heteroatoms. The smallest absolute Gasteiger partial charge is 0.262 e. The van der Waals surface area contributed by atoms with Crippen LogP contribution in [0.5, 0.6) is 17.2 Å². The monoisotopic (exact) mass is 574 g/mol. The molecule has 3 rings (SSSR count). The fraction of sp³-hybridized carbons (Fsp3) is 0.192. The van der Waals surface area contributed by atoms with Crippen LogP contribution < -0.4 is 29.3 Å². The summed E-state index contributed by atoms with van der Waals surface area (Å²) in [5.41, 5.74) is 3.67. The van der Waals surface area contributed by atoms with Crippen LogP contribution in [0.3, 0.4) is 0 Å². The third-order valence-electron chi connectivity index (χ3n) is 5.12. The second-order valence-electron chi connectivity index (χ2n) is 8.01. The van der Waals surface area contributed by atoms with Crippen molar-refractivity contribution in [3.05, 3.63) is 77.3 Å². The summed E-state index contributed by atoms with van der Waals surface area (Å²) in [5.74, 6) is 0.372. The molecule has 3 aromatic carbocycles. The van der Waals surface area contributed by atoms with E-state index in [1.807, 2.05) is 0 Å². The zero-order chi connectivity index (χ0) is 28.4. The van der Waals surface area contributed by atoms with Crippen molar-refractivity contribution in [3.8, 4) is 17.2 Å². The number of anilines is 2. The predicted molar refractivity (Wildman–Crippen MR) is 149 cm³/mol. The second kappa shape index (κ2) is 13.5. The Balaban J connectivity index is 1.52. The van der Waals surface area contributed by atoms with Crippen LogP contribution in [-0.4, -0.2) is 60.1 Å². The second-order valence-corrected chi connectivity index (χ2v) is 10.4. The highest BCUT2D eigenvalue weighted by atomic mass is 35.5. The maximum atomic E-state index is 12.4. The molecule has 2 amide bonds. The van der Waals surface area contributed by atoms with Gasteiger partial charge in [0, 0.05) is 10.7 Å². The third kappa shape index (κ3) is 8.90. The summed E-state index contributed by atoms with van der Waals surface area (Å²) >= 11 is 6.01. The first kappa shape index (κ1) is 29.3. The Labute approximate surface area is 231 Å². The van der Waals surface area contributed by atoms with Crippen LogP contribution in [-0.2, 0) is 19.6 Å². The van der Waals surface area contributed by atoms with Gasteiger partial charge in [0.1, 0.15) is 23.8 Å². The molecule has 0 heterocycles. The van der Waals surface area contributed by atoms with E-state index < -0.39 is 22.5 Å². The van der Waals surface area contributed by atoms with Crippen molar-refractivity contribution in [3.63, 3.8) is 0 Å². The molecule has 0 atom stereocenters. The minimum Gasteiger partial charge on any atom is -0.497 e. The van der Waals surface area contributed by atoms with E-state index in [0.29, 0.717) is 22.7 Å². The van der Waals surface area contributed by atoms with Gasteiger partial charge in [-0.05, 0) is 72.3 Å². The predicted octanol–water partition coefficient (Wildman–Crippen LogP) is 3.29. The maximum absolute atomic E-state index is 12.4. The lowest BCUT2D eigenvalue weighted by atomic mass is 10.2. The number of nitrogens with one attached hydrogen (secondary N) is 2. The van der Waals surface area contributed by atoms with Gasteiger partial charge >= 0.3 is 0 Å². The largest absolute Gasteiger partial charge is 0.497 e. The van der Waals surface area contributed by atoms with Crippen LogP contribution in [0, 0.1) is 0 Å². The van der Waals surface area contributed by atoms with E-state index in [1.165, 1.54) is 25.5 Å². The van der Waals surface area contributed by atoms with Gasteiger partial charge in [0.25, 0.3) is 11.8 Å². The molecule has 0 fully saturated rings. The van der Waals surface area contributed by atoms with Crippen LogP contribution in [0.25, 0.3) is 0 Å². The Morgan fingerprint density at radius 1 is 0.949 bits per heavy atom. The number of methoxy groups -OCH3 is 2. The van der Waals surface area contributed by atoms with E-state index in [4.69, 9.17) is 25.8 Å². The number of carbonyl (C=O) groups excluding carboxylic acids is 2. The van der Waals surface area contributed by atoms with Gasteiger partial charge in [-0.3, -0.25) is 13.9 Å². The Bertz CT molecular complexity index is 1430. The highest BCUT2D eigenvalue weighted by molar-refractivity contribution is 7.92. The molecule has 39 heavy (non-hydrogen) atoms. The van der Waals surface area contributed by atoms with Crippen molar-refractivity contribution >= 4 is 51.0 Å². The Kier molecular flexibility index (Phi) is 10.1. The number of sulfonamides is 1. The van der Waals surface area contributed by atoms with Gasteiger partial charge in [0.15, 0.2) is 6.61 Å². The minimum atomic E-state index is -3.84. The quantitative estimate of drug-likeness (QED) is 0.250. The number of carbonyl (C=O) groups is 2. The summed E-state index contributed by atoms with van der Waals surface area (Å²) in [6, 6.07) is 18.0. The molecular weight excluding hydrogens is 548 g/mol. The number of benzene rings is 3. The normalized spacial score (nSPS) is 11.1. The van der Waals surface area contributed by atoms with Crippen molar-refractivity contribution in [1.29, 1.82) is 0 Å². The molecule has 3 aromatic rings. The first-order valence-electron chi connectivity index (χ1n) is 11.4. The lowest BCUT2D eigenvalue weighted by Crippen LogP contribution is -2.39. The van der Waals surface area contributed by atoms with Crippen molar-refractivity contribution in [2.24, 2.45) is 5.10 Å². The molecule has 0 saturated carbocycles. The van der Waals surface area contributed by atoms with Gasteiger partial charge in [-0.15, -0.1) is 0 Å². The molecule has 0 aromatic heterocycles. The SMILES string of the molecule is COc1ccc(NC(=O)COc2ccc(/C=N\NC(=O)CN(c3cc(Cl)ccc3OC)S(C)(=O)=O)cc2)cc1. The molecule has 0 radical (unpaired) electrons. The lowest BCUT2D eigenvalue weighted by molar-refractivity contribution is -0.119. The molecule has 11 nitrogen and oxygen atoms in total. The topological polar surface area (TPSA) is 136 Å². The molecule has 206 valence electrons. The van der Waals surface area contributed by atoms with Gasteiger partial charge in [-0.25, -0.2) is 13.8 Å². The zero-order valence-electron chi connectivity index (χ0n) is 21.4. The summed E-state index contributed by atoms with van der Waals surface area (Å²) in [5, 5.41) is 6.88. The maximum Gasteiger partial charge on any atom is 0.262 e. The lowest BCUT2D eigenvalue weighted by Gasteiger charge is -2.23. The van der Waals surface area contributed by atoms with E-state index in [9.17, 15) is 18.0 Å². The average molecular weight is 575 g/mol. The highest BCUT2D eigenvalue weighted by Gasteiger charge is 2.24. The van der Waals surface area contributed by atoms with E-state index in [2.05, 4.69) is 15.8 Å².